The number of carboxylic acid groups (broad SMARTS) is 1. The minimum atomic E-state index is -0.567. The van der Waals surface area contributed by atoms with Crippen LogP contribution in [-0.2, 0) is 4.79 Å². The summed E-state index contributed by atoms with van der Waals surface area (Å²) in [6.45, 7) is 1.25. The molecule has 3 fully saturated rings. The van der Waals surface area contributed by atoms with E-state index in [9.17, 15) is 4.79 Å². The average Bonchev–Trinajstić information content (AvgIpc) is 3.00. The molecule has 0 aromatic carbocycles. The van der Waals surface area contributed by atoms with E-state index >= 15 is 0 Å². The topological polar surface area (TPSA) is 40.5 Å². The minimum Gasteiger partial charge on any atom is -0.481 e. The van der Waals surface area contributed by atoms with Crippen LogP contribution in [0.25, 0.3) is 0 Å². The summed E-state index contributed by atoms with van der Waals surface area (Å²) in [7, 11) is 0. The molecule has 3 nitrogen and oxygen atoms in total. The highest BCUT2D eigenvalue weighted by molar-refractivity contribution is 5.70. The highest BCUT2D eigenvalue weighted by Gasteiger charge is 2.42. The lowest BCUT2D eigenvalue weighted by Crippen LogP contribution is -2.53. The van der Waals surface area contributed by atoms with Crippen molar-refractivity contribution in [2.45, 2.75) is 57.0 Å². The van der Waals surface area contributed by atoms with Crippen LogP contribution < -0.4 is 0 Å². The Morgan fingerprint density at radius 3 is 2.25 bits per heavy atom. The van der Waals surface area contributed by atoms with Gasteiger partial charge in [0.15, 0.2) is 0 Å². The molecule has 90 valence electrons. The van der Waals surface area contributed by atoms with Crippen molar-refractivity contribution in [2.75, 3.05) is 6.54 Å². The Hall–Kier alpha value is -0.570. The van der Waals surface area contributed by atoms with Gasteiger partial charge >= 0.3 is 5.97 Å². The fraction of sp³-hybridized carbons (Fsp3) is 0.923. The van der Waals surface area contributed by atoms with Crippen molar-refractivity contribution in [1.29, 1.82) is 0 Å². The Morgan fingerprint density at radius 1 is 1.12 bits per heavy atom. The molecule has 16 heavy (non-hydrogen) atoms. The molecule has 0 aromatic heterocycles. The van der Waals surface area contributed by atoms with Crippen LogP contribution in [0.4, 0.5) is 0 Å². The van der Waals surface area contributed by atoms with Crippen LogP contribution in [0.2, 0.25) is 0 Å². The molecule has 1 N–H and O–H groups in total. The van der Waals surface area contributed by atoms with Crippen molar-refractivity contribution in [3.05, 3.63) is 0 Å². The highest BCUT2D eigenvalue weighted by Crippen LogP contribution is 2.40. The molecular formula is C13H21NO2. The van der Waals surface area contributed by atoms with Gasteiger partial charge in [0.2, 0.25) is 0 Å². The molecule has 1 saturated carbocycles. The van der Waals surface area contributed by atoms with E-state index in [0.29, 0.717) is 12.1 Å². The monoisotopic (exact) mass is 223 g/mol. The number of carbonyl (C=O) groups is 1. The molecule has 2 heterocycles. The molecule has 2 aliphatic heterocycles. The second kappa shape index (κ2) is 4.02. The van der Waals surface area contributed by atoms with Gasteiger partial charge in [0.25, 0.3) is 0 Å². The maximum atomic E-state index is 11.1. The number of nitrogens with zero attached hydrogens (tertiary/aromatic N) is 1. The summed E-state index contributed by atoms with van der Waals surface area (Å²) in [5, 5.41) is 9.16. The maximum Gasteiger partial charge on any atom is 0.306 e. The van der Waals surface area contributed by atoms with Crippen molar-refractivity contribution < 1.29 is 9.90 Å². The van der Waals surface area contributed by atoms with Gasteiger partial charge in [-0.1, -0.05) is 6.42 Å². The first-order valence-electron chi connectivity index (χ1n) is 6.72. The van der Waals surface area contributed by atoms with Gasteiger partial charge in [0.1, 0.15) is 0 Å². The largest absolute Gasteiger partial charge is 0.481 e. The van der Waals surface area contributed by atoms with Crippen LogP contribution in [0.5, 0.6) is 0 Å². The van der Waals surface area contributed by atoms with E-state index in [1.54, 1.807) is 0 Å². The van der Waals surface area contributed by atoms with Gasteiger partial charge in [-0.15, -0.1) is 0 Å². The van der Waals surface area contributed by atoms with Gasteiger partial charge in [0.05, 0.1) is 5.92 Å². The second-order valence-electron chi connectivity index (χ2n) is 5.89. The molecule has 0 spiro atoms. The molecule has 3 atom stereocenters. The normalized spacial score (nSPS) is 39.6. The van der Waals surface area contributed by atoms with E-state index in [1.807, 2.05) is 0 Å². The highest BCUT2D eigenvalue weighted by atomic mass is 16.4. The first-order valence-corrected chi connectivity index (χ1v) is 6.72. The SMILES string of the molecule is O=C(O)C1C[C@H]2CCC[C@@H](C1)N2CC1CC1. The van der Waals surface area contributed by atoms with Crippen molar-refractivity contribution >= 4 is 5.97 Å². The van der Waals surface area contributed by atoms with Gasteiger partial charge in [-0.3, -0.25) is 9.69 Å². The average molecular weight is 223 g/mol. The second-order valence-corrected chi connectivity index (χ2v) is 5.89. The van der Waals surface area contributed by atoms with E-state index < -0.39 is 5.97 Å². The number of aliphatic carboxylic acids is 1. The summed E-state index contributed by atoms with van der Waals surface area (Å²) in [4.78, 5) is 13.8. The first kappa shape index (κ1) is 10.6. The zero-order valence-corrected chi connectivity index (χ0v) is 9.77. The number of hydrogen-bond acceptors (Lipinski definition) is 2. The summed E-state index contributed by atoms with van der Waals surface area (Å²) in [6.07, 6.45) is 8.37. The van der Waals surface area contributed by atoms with Crippen LogP contribution >= 0.6 is 0 Å². The molecule has 1 unspecified atom stereocenters. The van der Waals surface area contributed by atoms with Crippen LogP contribution in [-0.4, -0.2) is 34.6 Å². The third-order valence-corrected chi connectivity index (χ3v) is 4.64. The molecule has 0 radical (unpaired) electrons. The predicted molar refractivity (Wildman–Crippen MR) is 61.2 cm³/mol. The summed E-state index contributed by atoms with van der Waals surface area (Å²) in [6, 6.07) is 1.16. The van der Waals surface area contributed by atoms with Gasteiger partial charge < -0.3 is 5.11 Å². The number of carboxylic acids is 1. The molecule has 2 saturated heterocycles. The fourth-order valence-electron chi connectivity index (χ4n) is 3.58. The zero-order chi connectivity index (χ0) is 11.1. The van der Waals surface area contributed by atoms with Crippen molar-refractivity contribution in [3.63, 3.8) is 0 Å². The summed E-state index contributed by atoms with van der Waals surface area (Å²) in [5.41, 5.74) is 0. The first-order chi connectivity index (χ1) is 7.74. The number of rotatable bonds is 3. The van der Waals surface area contributed by atoms with Crippen molar-refractivity contribution in [1.82, 2.24) is 4.90 Å². The van der Waals surface area contributed by atoms with Crippen LogP contribution in [0.15, 0.2) is 0 Å². The lowest BCUT2D eigenvalue weighted by Gasteiger charge is -2.48. The summed E-state index contributed by atoms with van der Waals surface area (Å²) >= 11 is 0. The molecule has 2 bridgehead atoms. The van der Waals surface area contributed by atoms with Crippen molar-refractivity contribution in [3.8, 4) is 0 Å². The molecule has 0 aromatic rings. The van der Waals surface area contributed by atoms with E-state index in [1.165, 1.54) is 38.6 Å². The Kier molecular flexibility index (Phi) is 2.66. The summed E-state index contributed by atoms with van der Waals surface area (Å²) < 4.78 is 0. The fourth-order valence-corrected chi connectivity index (χ4v) is 3.58. The number of hydrogen-bond donors (Lipinski definition) is 1. The molecule has 3 rings (SSSR count). The Bertz CT molecular complexity index is 274. The maximum absolute atomic E-state index is 11.1. The predicted octanol–water partition coefficient (Wildman–Crippen LogP) is 2.11. The zero-order valence-electron chi connectivity index (χ0n) is 9.77. The van der Waals surface area contributed by atoms with E-state index in [-0.39, 0.29) is 5.92 Å². The van der Waals surface area contributed by atoms with Gasteiger partial charge in [-0.25, -0.2) is 0 Å². The molecular weight excluding hydrogens is 202 g/mol. The lowest BCUT2D eigenvalue weighted by atomic mass is 9.78. The van der Waals surface area contributed by atoms with Crippen LogP contribution in [0, 0.1) is 11.8 Å². The standard InChI is InChI=1S/C13H21NO2/c15-13(16)10-6-11-2-1-3-12(7-10)14(11)8-9-4-5-9/h9-12H,1-8H2,(H,15,16)/t10?,11-,12+. The Balaban J connectivity index is 1.69. The van der Waals surface area contributed by atoms with E-state index in [2.05, 4.69) is 4.90 Å². The summed E-state index contributed by atoms with van der Waals surface area (Å²) in [5.74, 6) is 0.304. The van der Waals surface area contributed by atoms with Crippen molar-refractivity contribution in [2.24, 2.45) is 11.8 Å². The van der Waals surface area contributed by atoms with E-state index in [0.717, 1.165) is 18.8 Å². The lowest BCUT2D eigenvalue weighted by molar-refractivity contribution is -0.146. The van der Waals surface area contributed by atoms with Gasteiger partial charge in [-0.05, 0) is 44.4 Å². The van der Waals surface area contributed by atoms with E-state index in [4.69, 9.17) is 5.11 Å². The van der Waals surface area contributed by atoms with Crippen LogP contribution in [0.1, 0.15) is 44.9 Å². The molecule has 1 aliphatic carbocycles. The Labute approximate surface area is 96.8 Å². The quantitative estimate of drug-likeness (QED) is 0.796. The number of fused-ring (bicyclic) bond motifs is 2. The van der Waals surface area contributed by atoms with Gasteiger partial charge in [-0.2, -0.15) is 0 Å². The third kappa shape index (κ3) is 1.97. The Morgan fingerprint density at radius 2 is 1.75 bits per heavy atom. The number of piperidine rings is 2. The third-order valence-electron chi connectivity index (χ3n) is 4.64. The molecule has 3 aliphatic rings. The smallest absolute Gasteiger partial charge is 0.306 e. The van der Waals surface area contributed by atoms with Crippen LogP contribution in [0.3, 0.4) is 0 Å². The van der Waals surface area contributed by atoms with Gasteiger partial charge in [0, 0.05) is 18.6 Å². The molecule has 3 heteroatoms. The minimum absolute atomic E-state index is 0.0641. The molecule has 0 amide bonds.